The normalized spacial score (nSPS) is 10.6. The molecule has 1 aromatic heterocycles. The molecule has 6 heteroatoms. The van der Waals surface area contributed by atoms with Crippen LogP contribution in [0.3, 0.4) is 0 Å². The topological polar surface area (TPSA) is 73.6 Å². The average Bonchev–Trinajstić information content (AvgIpc) is 2.93. The zero-order valence-corrected chi connectivity index (χ0v) is 13.0. The first kappa shape index (κ1) is 14.9. The molecule has 1 N–H and O–H groups in total. The number of oxazole rings is 1. The van der Waals surface area contributed by atoms with Gasteiger partial charge in [0.2, 0.25) is 0 Å². The van der Waals surface area contributed by atoms with Crippen molar-refractivity contribution in [3.05, 3.63) is 47.9 Å². The number of carbonyl (C=O) groups is 1. The van der Waals surface area contributed by atoms with Gasteiger partial charge in [0.25, 0.3) is 5.91 Å². The Bertz CT molecular complexity index is 870. The van der Waals surface area contributed by atoms with E-state index >= 15 is 0 Å². The predicted octanol–water partition coefficient (Wildman–Crippen LogP) is 3.41. The molecule has 3 rings (SSSR count). The predicted molar refractivity (Wildman–Crippen MR) is 86.2 cm³/mol. The van der Waals surface area contributed by atoms with Crippen LogP contribution in [-0.2, 0) is 0 Å². The van der Waals surface area contributed by atoms with E-state index in [2.05, 4.69) is 10.3 Å². The zero-order valence-electron chi connectivity index (χ0n) is 13.0. The Hall–Kier alpha value is -3.02. The molecule has 1 amide bonds. The first-order chi connectivity index (χ1) is 11.1. The fourth-order valence-corrected chi connectivity index (χ4v) is 2.30. The van der Waals surface area contributed by atoms with E-state index in [9.17, 15) is 4.79 Å². The lowest BCUT2D eigenvalue weighted by atomic mass is 10.2. The lowest BCUT2D eigenvalue weighted by Crippen LogP contribution is -2.12. The highest BCUT2D eigenvalue weighted by Gasteiger charge is 2.12. The third-order valence-corrected chi connectivity index (χ3v) is 3.40. The molecular weight excluding hydrogens is 296 g/mol. The molecule has 0 fully saturated rings. The van der Waals surface area contributed by atoms with Crippen molar-refractivity contribution in [1.29, 1.82) is 0 Å². The first-order valence-electron chi connectivity index (χ1n) is 7.01. The highest BCUT2D eigenvalue weighted by Crippen LogP contribution is 2.28. The third kappa shape index (κ3) is 2.96. The van der Waals surface area contributed by atoms with Crippen LogP contribution in [0.2, 0.25) is 0 Å². The van der Waals surface area contributed by atoms with Crippen LogP contribution in [0.15, 0.2) is 40.8 Å². The monoisotopic (exact) mass is 312 g/mol. The van der Waals surface area contributed by atoms with Crippen LogP contribution in [0.1, 0.15) is 16.2 Å². The Morgan fingerprint density at radius 2 is 1.87 bits per heavy atom. The van der Waals surface area contributed by atoms with Gasteiger partial charge >= 0.3 is 0 Å². The van der Waals surface area contributed by atoms with Crippen LogP contribution < -0.4 is 14.8 Å². The van der Waals surface area contributed by atoms with E-state index in [0.717, 1.165) is 5.52 Å². The average molecular weight is 312 g/mol. The van der Waals surface area contributed by atoms with E-state index in [0.29, 0.717) is 34.2 Å². The number of carbonyl (C=O) groups excluding carboxylic acids is 1. The number of rotatable bonds is 4. The molecule has 0 bridgehead atoms. The summed E-state index contributed by atoms with van der Waals surface area (Å²) in [5.74, 6) is 1.41. The second kappa shape index (κ2) is 6.00. The number of nitrogens with one attached hydrogen (secondary N) is 1. The summed E-state index contributed by atoms with van der Waals surface area (Å²) in [5, 5.41) is 2.83. The lowest BCUT2D eigenvalue weighted by molar-refractivity contribution is 0.102. The number of hydrogen-bond acceptors (Lipinski definition) is 5. The molecule has 0 atom stereocenters. The second-order valence-electron chi connectivity index (χ2n) is 4.94. The maximum atomic E-state index is 12.4. The summed E-state index contributed by atoms with van der Waals surface area (Å²) in [4.78, 5) is 16.6. The summed E-state index contributed by atoms with van der Waals surface area (Å²) >= 11 is 0. The van der Waals surface area contributed by atoms with Crippen molar-refractivity contribution in [2.45, 2.75) is 6.92 Å². The van der Waals surface area contributed by atoms with Crippen molar-refractivity contribution >= 4 is 22.7 Å². The van der Waals surface area contributed by atoms with Gasteiger partial charge in [-0.25, -0.2) is 4.98 Å². The molecule has 2 aromatic carbocycles. The molecule has 0 radical (unpaired) electrons. The van der Waals surface area contributed by atoms with E-state index in [1.165, 1.54) is 7.11 Å². The first-order valence-corrected chi connectivity index (χ1v) is 7.01. The maximum absolute atomic E-state index is 12.4. The summed E-state index contributed by atoms with van der Waals surface area (Å²) in [6.07, 6.45) is 0. The molecule has 6 nitrogen and oxygen atoms in total. The molecule has 23 heavy (non-hydrogen) atoms. The summed E-state index contributed by atoms with van der Waals surface area (Å²) in [7, 11) is 3.08. The third-order valence-electron chi connectivity index (χ3n) is 3.40. The largest absolute Gasteiger partial charge is 0.493 e. The molecule has 0 unspecified atom stereocenters. The summed E-state index contributed by atoms with van der Waals surface area (Å²) in [5.41, 5.74) is 2.49. The minimum atomic E-state index is -0.249. The van der Waals surface area contributed by atoms with Crippen LogP contribution in [0, 0.1) is 6.92 Å². The highest BCUT2D eigenvalue weighted by molar-refractivity contribution is 6.05. The highest BCUT2D eigenvalue weighted by atomic mass is 16.5. The quantitative estimate of drug-likeness (QED) is 0.799. The van der Waals surface area contributed by atoms with Gasteiger partial charge < -0.3 is 19.2 Å². The van der Waals surface area contributed by atoms with Crippen LogP contribution >= 0.6 is 0 Å². The van der Waals surface area contributed by atoms with Crippen LogP contribution in [0.25, 0.3) is 11.1 Å². The van der Waals surface area contributed by atoms with E-state index in [1.54, 1.807) is 50.4 Å². The molecular formula is C17H16N2O4. The number of ether oxygens (including phenoxy) is 2. The number of benzene rings is 2. The van der Waals surface area contributed by atoms with Crippen molar-refractivity contribution < 1.29 is 18.7 Å². The van der Waals surface area contributed by atoms with Gasteiger partial charge in [-0.2, -0.15) is 0 Å². The van der Waals surface area contributed by atoms with Gasteiger partial charge in [-0.1, -0.05) is 0 Å². The van der Waals surface area contributed by atoms with Gasteiger partial charge in [0.05, 0.1) is 14.2 Å². The molecule has 3 aromatic rings. The molecule has 1 heterocycles. The number of anilines is 1. The number of methoxy groups -OCH3 is 2. The summed E-state index contributed by atoms with van der Waals surface area (Å²) < 4.78 is 15.8. The number of amides is 1. The Morgan fingerprint density at radius 3 is 2.61 bits per heavy atom. The number of hydrogen-bond donors (Lipinski definition) is 1. The minimum absolute atomic E-state index is 0.249. The molecule has 0 spiro atoms. The van der Waals surface area contributed by atoms with Crippen LogP contribution in [0.5, 0.6) is 11.5 Å². The molecule has 0 aliphatic rings. The number of aryl methyl sites for hydroxylation is 1. The molecule has 0 aliphatic carbocycles. The Balaban J connectivity index is 1.85. The number of fused-ring (bicyclic) bond motifs is 1. The van der Waals surface area contributed by atoms with E-state index < -0.39 is 0 Å². The zero-order chi connectivity index (χ0) is 16.4. The van der Waals surface area contributed by atoms with Crippen molar-refractivity contribution in [2.24, 2.45) is 0 Å². The van der Waals surface area contributed by atoms with Crippen molar-refractivity contribution in [1.82, 2.24) is 4.98 Å². The minimum Gasteiger partial charge on any atom is -0.493 e. The summed E-state index contributed by atoms with van der Waals surface area (Å²) in [6, 6.07) is 10.3. The molecule has 0 aliphatic heterocycles. The molecule has 118 valence electrons. The molecule has 0 saturated carbocycles. The van der Waals surface area contributed by atoms with E-state index in [4.69, 9.17) is 13.9 Å². The summed E-state index contributed by atoms with van der Waals surface area (Å²) in [6.45, 7) is 1.78. The van der Waals surface area contributed by atoms with Crippen molar-refractivity contribution in [3.8, 4) is 11.5 Å². The van der Waals surface area contributed by atoms with Crippen molar-refractivity contribution in [3.63, 3.8) is 0 Å². The van der Waals surface area contributed by atoms with Gasteiger partial charge in [-0.3, -0.25) is 4.79 Å². The fourth-order valence-electron chi connectivity index (χ4n) is 2.30. The van der Waals surface area contributed by atoms with Crippen LogP contribution in [0.4, 0.5) is 5.69 Å². The fraction of sp³-hybridized carbons (Fsp3) is 0.176. The van der Waals surface area contributed by atoms with Gasteiger partial charge in [0.15, 0.2) is 23.0 Å². The number of nitrogens with zero attached hydrogens (tertiary/aromatic N) is 1. The maximum Gasteiger partial charge on any atom is 0.255 e. The smallest absolute Gasteiger partial charge is 0.255 e. The van der Waals surface area contributed by atoms with E-state index in [-0.39, 0.29) is 5.91 Å². The SMILES string of the molecule is COc1ccc(C(=O)Nc2ccc3nc(C)oc3c2)cc1OC. The molecule has 0 saturated heterocycles. The van der Waals surface area contributed by atoms with Gasteiger partial charge in [-0.15, -0.1) is 0 Å². The van der Waals surface area contributed by atoms with Gasteiger partial charge in [0.1, 0.15) is 5.52 Å². The Morgan fingerprint density at radius 1 is 1.09 bits per heavy atom. The van der Waals surface area contributed by atoms with Gasteiger partial charge in [0, 0.05) is 24.2 Å². The van der Waals surface area contributed by atoms with Crippen LogP contribution in [-0.4, -0.2) is 25.1 Å². The van der Waals surface area contributed by atoms with Crippen molar-refractivity contribution in [2.75, 3.05) is 19.5 Å². The standard InChI is InChI=1S/C17H16N2O4/c1-10-18-13-6-5-12(9-15(13)23-10)19-17(20)11-4-7-14(21-2)16(8-11)22-3/h4-9H,1-3H3,(H,19,20). The number of aromatic nitrogens is 1. The lowest BCUT2D eigenvalue weighted by Gasteiger charge is -2.10. The van der Waals surface area contributed by atoms with E-state index in [1.807, 2.05) is 0 Å². The Labute approximate surface area is 133 Å². The Kier molecular flexibility index (Phi) is 3.89. The van der Waals surface area contributed by atoms with Gasteiger partial charge in [-0.05, 0) is 30.3 Å². The second-order valence-corrected chi connectivity index (χ2v) is 4.94.